The highest BCUT2D eigenvalue weighted by Gasteiger charge is 2.51. The number of methoxy groups -OCH3 is 1. The molecule has 1 heteroatoms. The standard InChI is InChI=1S/C11H18O/c1-10(2)4-5-11(6-7-11)9(8-10)12-3/h4-5,9H,6-8H2,1-3H3. The highest BCUT2D eigenvalue weighted by Crippen LogP contribution is 2.56. The van der Waals surface area contributed by atoms with E-state index in [1.165, 1.54) is 19.3 Å². The summed E-state index contributed by atoms with van der Waals surface area (Å²) < 4.78 is 5.55. The molecule has 0 bridgehead atoms. The monoisotopic (exact) mass is 166 g/mol. The van der Waals surface area contributed by atoms with E-state index < -0.39 is 0 Å². The molecule has 0 heterocycles. The van der Waals surface area contributed by atoms with Gasteiger partial charge in [-0.1, -0.05) is 26.0 Å². The summed E-state index contributed by atoms with van der Waals surface area (Å²) in [6, 6.07) is 0. The molecule has 0 aromatic rings. The van der Waals surface area contributed by atoms with Crippen LogP contribution in [0.5, 0.6) is 0 Å². The van der Waals surface area contributed by atoms with E-state index in [2.05, 4.69) is 26.0 Å². The van der Waals surface area contributed by atoms with Crippen LogP contribution in [0.2, 0.25) is 0 Å². The maximum Gasteiger partial charge on any atom is 0.0670 e. The van der Waals surface area contributed by atoms with Gasteiger partial charge in [0.15, 0.2) is 0 Å². The van der Waals surface area contributed by atoms with E-state index in [1.807, 2.05) is 7.11 Å². The molecule has 2 aliphatic carbocycles. The van der Waals surface area contributed by atoms with Crippen LogP contribution in [0.3, 0.4) is 0 Å². The van der Waals surface area contributed by atoms with Gasteiger partial charge in [0, 0.05) is 12.5 Å². The van der Waals surface area contributed by atoms with E-state index in [9.17, 15) is 0 Å². The predicted molar refractivity (Wildman–Crippen MR) is 50.0 cm³/mol. The number of ether oxygens (including phenoxy) is 1. The van der Waals surface area contributed by atoms with Gasteiger partial charge in [0.2, 0.25) is 0 Å². The van der Waals surface area contributed by atoms with E-state index in [1.54, 1.807) is 0 Å². The van der Waals surface area contributed by atoms with Crippen LogP contribution in [-0.2, 0) is 4.74 Å². The van der Waals surface area contributed by atoms with Crippen molar-refractivity contribution in [3.05, 3.63) is 12.2 Å². The van der Waals surface area contributed by atoms with Gasteiger partial charge in [-0.05, 0) is 24.7 Å². The Labute approximate surface area is 74.8 Å². The fourth-order valence-electron chi connectivity index (χ4n) is 2.20. The third-order valence-corrected chi connectivity index (χ3v) is 3.33. The van der Waals surface area contributed by atoms with Crippen molar-refractivity contribution in [1.82, 2.24) is 0 Å². The Morgan fingerprint density at radius 1 is 1.25 bits per heavy atom. The number of hydrogen-bond donors (Lipinski definition) is 0. The lowest BCUT2D eigenvalue weighted by atomic mass is 9.75. The summed E-state index contributed by atoms with van der Waals surface area (Å²) in [4.78, 5) is 0. The largest absolute Gasteiger partial charge is 0.381 e. The Kier molecular flexibility index (Phi) is 1.63. The highest BCUT2D eigenvalue weighted by molar-refractivity contribution is 5.20. The molecule has 0 N–H and O–H groups in total. The first-order chi connectivity index (χ1) is 5.58. The molecule has 1 atom stereocenters. The molecule has 1 spiro atoms. The molecular weight excluding hydrogens is 148 g/mol. The molecule has 12 heavy (non-hydrogen) atoms. The second kappa shape index (κ2) is 2.35. The van der Waals surface area contributed by atoms with Gasteiger partial charge in [-0.25, -0.2) is 0 Å². The van der Waals surface area contributed by atoms with Crippen LogP contribution in [0.4, 0.5) is 0 Å². The van der Waals surface area contributed by atoms with Crippen molar-refractivity contribution in [3.8, 4) is 0 Å². The van der Waals surface area contributed by atoms with Gasteiger partial charge < -0.3 is 4.74 Å². The summed E-state index contributed by atoms with van der Waals surface area (Å²) >= 11 is 0. The summed E-state index contributed by atoms with van der Waals surface area (Å²) in [5.74, 6) is 0. The average molecular weight is 166 g/mol. The molecule has 0 aromatic carbocycles. The molecule has 0 radical (unpaired) electrons. The third kappa shape index (κ3) is 1.20. The van der Waals surface area contributed by atoms with Gasteiger partial charge in [0.1, 0.15) is 0 Å². The van der Waals surface area contributed by atoms with Crippen LogP contribution in [0.15, 0.2) is 12.2 Å². The first-order valence-electron chi connectivity index (χ1n) is 4.81. The Morgan fingerprint density at radius 3 is 2.42 bits per heavy atom. The first kappa shape index (κ1) is 8.31. The zero-order valence-electron chi connectivity index (χ0n) is 8.26. The first-order valence-corrected chi connectivity index (χ1v) is 4.81. The molecule has 0 saturated heterocycles. The minimum atomic E-state index is 0.342. The second-order valence-corrected chi connectivity index (χ2v) is 4.98. The quantitative estimate of drug-likeness (QED) is 0.544. The van der Waals surface area contributed by atoms with Crippen LogP contribution in [0.25, 0.3) is 0 Å². The van der Waals surface area contributed by atoms with Crippen LogP contribution >= 0.6 is 0 Å². The fraction of sp³-hybridized carbons (Fsp3) is 0.818. The average Bonchev–Trinajstić information content (AvgIpc) is 2.77. The molecule has 1 unspecified atom stereocenters. The van der Waals surface area contributed by atoms with Crippen LogP contribution in [0, 0.1) is 10.8 Å². The van der Waals surface area contributed by atoms with Crippen LogP contribution < -0.4 is 0 Å². The lowest BCUT2D eigenvalue weighted by molar-refractivity contribution is 0.0237. The minimum absolute atomic E-state index is 0.342. The number of hydrogen-bond acceptors (Lipinski definition) is 1. The van der Waals surface area contributed by atoms with Gasteiger partial charge >= 0.3 is 0 Å². The Morgan fingerprint density at radius 2 is 1.92 bits per heavy atom. The second-order valence-electron chi connectivity index (χ2n) is 4.98. The molecular formula is C11H18O. The smallest absolute Gasteiger partial charge is 0.0670 e. The highest BCUT2D eigenvalue weighted by atomic mass is 16.5. The molecule has 0 aliphatic heterocycles. The SMILES string of the molecule is COC1CC(C)(C)C=CC12CC2. The Bertz CT molecular complexity index is 211. The number of rotatable bonds is 1. The van der Waals surface area contributed by atoms with Crippen molar-refractivity contribution in [3.63, 3.8) is 0 Å². The van der Waals surface area contributed by atoms with Crippen LogP contribution in [0.1, 0.15) is 33.1 Å². The molecule has 1 nitrogen and oxygen atoms in total. The summed E-state index contributed by atoms with van der Waals surface area (Å²) in [5, 5.41) is 0. The van der Waals surface area contributed by atoms with Crippen molar-refractivity contribution in [2.45, 2.75) is 39.2 Å². The van der Waals surface area contributed by atoms with E-state index in [0.29, 0.717) is 16.9 Å². The molecule has 1 saturated carbocycles. The Hall–Kier alpha value is -0.300. The topological polar surface area (TPSA) is 9.23 Å². The van der Waals surface area contributed by atoms with E-state index >= 15 is 0 Å². The van der Waals surface area contributed by atoms with E-state index in [0.717, 1.165) is 0 Å². The van der Waals surface area contributed by atoms with E-state index in [4.69, 9.17) is 4.74 Å². The fourth-order valence-corrected chi connectivity index (χ4v) is 2.20. The van der Waals surface area contributed by atoms with Gasteiger partial charge in [-0.3, -0.25) is 0 Å². The maximum atomic E-state index is 5.55. The number of allylic oxidation sites excluding steroid dienone is 1. The van der Waals surface area contributed by atoms with E-state index in [-0.39, 0.29) is 0 Å². The zero-order valence-corrected chi connectivity index (χ0v) is 8.26. The summed E-state index contributed by atoms with van der Waals surface area (Å²) in [7, 11) is 1.85. The van der Waals surface area contributed by atoms with Crippen molar-refractivity contribution >= 4 is 0 Å². The van der Waals surface area contributed by atoms with Crippen molar-refractivity contribution in [2.75, 3.05) is 7.11 Å². The molecule has 0 amide bonds. The van der Waals surface area contributed by atoms with Gasteiger partial charge in [0.05, 0.1) is 6.10 Å². The summed E-state index contributed by atoms with van der Waals surface area (Å²) in [6.07, 6.45) is 9.08. The van der Waals surface area contributed by atoms with Gasteiger partial charge in [-0.15, -0.1) is 0 Å². The molecule has 68 valence electrons. The van der Waals surface area contributed by atoms with Crippen molar-refractivity contribution in [1.29, 1.82) is 0 Å². The molecule has 1 fully saturated rings. The maximum absolute atomic E-state index is 5.55. The van der Waals surface area contributed by atoms with Gasteiger partial charge in [-0.2, -0.15) is 0 Å². The predicted octanol–water partition coefficient (Wildman–Crippen LogP) is 2.77. The normalized spacial score (nSPS) is 35.4. The van der Waals surface area contributed by atoms with Gasteiger partial charge in [0.25, 0.3) is 0 Å². The third-order valence-electron chi connectivity index (χ3n) is 3.33. The molecule has 0 aromatic heterocycles. The Balaban J connectivity index is 2.20. The van der Waals surface area contributed by atoms with Crippen LogP contribution in [-0.4, -0.2) is 13.2 Å². The van der Waals surface area contributed by atoms with Crippen molar-refractivity contribution in [2.24, 2.45) is 10.8 Å². The zero-order chi connectivity index (χ0) is 8.82. The molecule has 2 aliphatic rings. The summed E-state index contributed by atoms with van der Waals surface area (Å²) in [5.41, 5.74) is 0.790. The summed E-state index contributed by atoms with van der Waals surface area (Å²) in [6.45, 7) is 4.56. The lowest BCUT2D eigenvalue weighted by Crippen LogP contribution is -2.32. The molecule has 2 rings (SSSR count). The van der Waals surface area contributed by atoms with Crippen molar-refractivity contribution < 1.29 is 4.74 Å². The minimum Gasteiger partial charge on any atom is -0.381 e. The lowest BCUT2D eigenvalue weighted by Gasteiger charge is -2.35.